The largest absolute Gasteiger partial charge is 0.472 e. The predicted molar refractivity (Wildman–Crippen MR) is 95.9 cm³/mol. The molecule has 2 heterocycles. The first-order valence-corrected chi connectivity index (χ1v) is 8.44. The quantitative estimate of drug-likeness (QED) is 0.927. The van der Waals surface area contributed by atoms with Crippen LogP contribution in [0, 0.1) is 0 Å². The van der Waals surface area contributed by atoms with Gasteiger partial charge in [0.15, 0.2) is 0 Å². The molecule has 1 aromatic carbocycles. The Bertz CT molecular complexity index is 732. The fourth-order valence-corrected chi connectivity index (χ4v) is 2.99. The number of rotatable bonds is 4. The number of carbonyl (C=O) groups is 2. The van der Waals surface area contributed by atoms with Crippen molar-refractivity contribution in [2.24, 2.45) is 0 Å². The summed E-state index contributed by atoms with van der Waals surface area (Å²) in [6.45, 7) is 1.26. The van der Waals surface area contributed by atoms with Crippen LogP contribution >= 0.6 is 0 Å². The minimum atomic E-state index is -0.0664. The predicted octanol–water partition coefficient (Wildman–Crippen LogP) is 2.38. The second kappa shape index (κ2) is 7.42. The molecule has 3 rings (SSSR count). The van der Waals surface area contributed by atoms with Gasteiger partial charge in [-0.05, 0) is 37.1 Å². The molecule has 0 aliphatic carbocycles. The van der Waals surface area contributed by atoms with Crippen LogP contribution in [0.5, 0.6) is 0 Å². The summed E-state index contributed by atoms with van der Waals surface area (Å²) in [7, 11) is 3.90. The van der Waals surface area contributed by atoms with Gasteiger partial charge in [-0.3, -0.25) is 9.59 Å². The second-order valence-corrected chi connectivity index (χ2v) is 6.50. The Kier molecular flexibility index (Phi) is 5.07. The van der Waals surface area contributed by atoms with Crippen molar-refractivity contribution in [1.29, 1.82) is 0 Å². The maximum Gasteiger partial charge on any atom is 0.257 e. The Hall–Kier alpha value is -2.76. The van der Waals surface area contributed by atoms with Crippen LogP contribution in [-0.4, -0.2) is 49.9 Å². The van der Waals surface area contributed by atoms with Gasteiger partial charge in [-0.15, -0.1) is 0 Å². The zero-order valence-electron chi connectivity index (χ0n) is 14.6. The van der Waals surface area contributed by atoms with Crippen molar-refractivity contribution in [2.45, 2.75) is 18.9 Å². The lowest BCUT2D eigenvalue weighted by molar-refractivity contribution is 0.0697. The number of likely N-dealkylation sites (tertiary alicyclic amines) is 1. The van der Waals surface area contributed by atoms with Crippen LogP contribution in [0.25, 0.3) is 0 Å². The fraction of sp³-hybridized carbons (Fsp3) is 0.368. The van der Waals surface area contributed by atoms with Crippen LogP contribution < -0.4 is 10.2 Å². The van der Waals surface area contributed by atoms with Crippen LogP contribution in [0.1, 0.15) is 33.6 Å². The second-order valence-electron chi connectivity index (χ2n) is 6.50. The van der Waals surface area contributed by atoms with Gasteiger partial charge in [0, 0.05) is 44.5 Å². The van der Waals surface area contributed by atoms with Crippen molar-refractivity contribution < 1.29 is 14.0 Å². The molecule has 1 fully saturated rings. The number of hydrogen-bond donors (Lipinski definition) is 1. The number of amides is 2. The van der Waals surface area contributed by atoms with E-state index in [1.54, 1.807) is 11.0 Å². The fourth-order valence-electron chi connectivity index (χ4n) is 2.99. The number of nitrogens with zero attached hydrogens (tertiary/aromatic N) is 2. The molecular weight excluding hydrogens is 318 g/mol. The Morgan fingerprint density at radius 3 is 2.56 bits per heavy atom. The third-order valence-corrected chi connectivity index (χ3v) is 4.51. The maximum atomic E-state index is 12.5. The van der Waals surface area contributed by atoms with Crippen molar-refractivity contribution in [1.82, 2.24) is 10.2 Å². The van der Waals surface area contributed by atoms with Gasteiger partial charge in [0.2, 0.25) is 0 Å². The average molecular weight is 341 g/mol. The van der Waals surface area contributed by atoms with E-state index in [0.29, 0.717) is 24.2 Å². The Labute approximate surface area is 147 Å². The molecule has 0 radical (unpaired) electrons. The SMILES string of the molecule is CN(C)c1cccc(C(=O)NC2CCN(C(=O)c3ccoc3)CC2)c1. The Morgan fingerprint density at radius 1 is 1.16 bits per heavy atom. The summed E-state index contributed by atoms with van der Waals surface area (Å²) in [5, 5.41) is 3.08. The number of hydrogen-bond acceptors (Lipinski definition) is 4. The zero-order chi connectivity index (χ0) is 17.8. The minimum absolute atomic E-state index is 0.0165. The van der Waals surface area contributed by atoms with Gasteiger partial charge >= 0.3 is 0 Å². The smallest absolute Gasteiger partial charge is 0.257 e. The summed E-state index contributed by atoms with van der Waals surface area (Å²) in [6, 6.07) is 9.32. The monoisotopic (exact) mass is 341 g/mol. The standard InChI is InChI=1S/C19H23N3O3/c1-21(2)17-5-3-4-14(12-17)18(23)20-16-6-9-22(10-7-16)19(24)15-8-11-25-13-15/h3-5,8,11-13,16H,6-7,9-10H2,1-2H3,(H,20,23). The first-order chi connectivity index (χ1) is 12.0. The average Bonchev–Trinajstić information content (AvgIpc) is 3.16. The van der Waals surface area contributed by atoms with E-state index in [2.05, 4.69) is 5.32 Å². The topological polar surface area (TPSA) is 65.8 Å². The molecule has 1 aromatic heterocycles. The molecule has 0 spiro atoms. The summed E-state index contributed by atoms with van der Waals surface area (Å²) in [4.78, 5) is 28.5. The molecule has 25 heavy (non-hydrogen) atoms. The van der Waals surface area contributed by atoms with Crippen molar-refractivity contribution in [3.63, 3.8) is 0 Å². The summed E-state index contributed by atoms with van der Waals surface area (Å²) in [5.41, 5.74) is 2.22. The first kappa shape index (κ1) is 17.1. The summed E-state index contributed by atoms with van der Waals surface area (Å²) >= 11 is 0. The maximum absolute atomic E-state index is 12.5. The van der Waals surface area contributed by atoms with Crippen molar-refractivity contribution in [3.05, 3.63) is 54.0 Å². The van der Waals surface area contributed by atoms with Crippen molar-refractivity contribution >= 4 is 17.5 Å². The number of anilines is 1. The zero-order valence-corrected chi connectivity index (χ0v) is 14.6. The number of piperidine rings is 1. The number of furan rings is 1. The Balaban J connectivity index is 1.54. The first-order valence-electron chi connectivity index (χ1n) is 8.44. The highest BCUT2D eigenvalue weighted by Crippen LogP contribution is 2.17. The van der Waals surface area contributed by atoms with Gasteiger partial charge < -0.3 is 19.5 Å². The molecule has 6 nitrogen and oxygen atoms in total. The Morgan fingerprint density at radius 2 is 1.92 bits per heavy atom. The molecule has 0 bridgehead atoms. The van der Waals surface area contributed by atoms with E-state index in [4.69, 9.17) is 4.42 Å². The third-order valence-electron chi connectivity index (χ3n) is 4.51. The van der Waals surface area contributed by atoms with Crippen LogP contribution in [0.3, 0.4) is 0 Å². The third kappa shape index (κ3) is 4.02. The highest BCUT2D eigenvalue weighted by atomic mass is 16.3. The van der Waals surface area contributed by atoms with E-state index in [9.17, 15) is 9.59 Å². The van der Waals surface area contributed by atoms with Crippen molar-refractivity contribution in [2.75, 3.05) is 32.1 Å². The molecule has 0 atom stereocenters. The van der Waals surface area contributed by atoms with E-state index >= 15 is 0 Å². The summed E-state index contributed by atoms with van der Waals surface area (Å²) in [5.74, 6) is -0.0829. The summed E-state index contributed by atoms with van der Waals surface area (Å²) < 4.78 is 4.97. The van der Waals surface area contributed by atoms with Gasteiger partial charge in [0.05, 0.1) is 11.8 Å². The van der Waals surface area contributed by atoms with Gasteiger partial charge in [-0.2, -0.15) is 0 Å². The van der Waals surface area contributed by atoms with Crippen molar-refractivity contribution in [3.8, 4) is 0 Å². The number of nitrogens with one attached hydrogen (secondary N) is 1. The molecular formula is C19H23N3O3. The van der Waals surface area contributed by atoms with Gasteiger partial charge in [-0.1, -0.05) is 6.07 Å². The molecule has 132 valence electrons. The number of carbonyl (C=O) groups excluding carboxylic acids is 2. The highest BCUT2D eigenvalue weighted by Gasteiger charge is 2.25. The molecule has 1 aliphatic rings. The number of benzene rings is 1. The van der Waals surface area contributed by atoms with E-state index in [1.165, 1.54) is 12.5 Å². The van der Waals surface area contributed by atoms with E-state index in [0.717, 1.165) is 18.5 Å². The minimum Gasteiger partial charge on any atom is -0.472 e. The molecule has 0 unspecified atom stereocenters. The summed E-state index contributed by atoms with van der Waals surface area (Å²) in [6.07, 6.45) is 4.47. The van der Waals surface area contributed by atoms with Gasteiger partial charge in [-0.25, -0.2) is 0 Å². The van der Waals surface area contributed by atoms with Crippen LogP contribution in [0.15, 0.2) is 47.3 Å². The molecule has 1 saturated heterocycles. The molecule has 2 amide bonds. The lowest BCUT2D eigenvalue weighted by atomic mass is 10.0. The van der Waals surface area contributed by atoms with E-state index in [1.807, 2.05) is 43.3 Å². The van der Waals surface area contributed by atoms with E-state index in [-0.39, 0.29) is 17.9 Å². The normalized spacial score (nSPS) is 15.0. The molecule has 2 aromatic rings. The van der Waals surface area contributed by atoms with Crippen LogP contribution in [0.2, 0.25) is 0 Å². The molecule has 0 saturated carbocycles. The lowest BCUT2D eigenvalue weighted by Crippen LogP contribution is -2.46. The molecule has 1 aliphatic heterocycles. The molecule has 1 N–H and O–H groups in total. The van der Waals surface area contributed by atoms with Crippen LogP contribution in [-0.2, 0) is 0 Å². The van der Waals surface area contributed by atoms with Gasteiger partial charge in [0.25, 0.3) is 11.8 Å². The van der Waals surface area contributed by atoms with Gasteiger partial charge in [0.1, 0.15) is 6.26 Å². The highest BCUT2D eigenvalue weighted by molar-refractivity contribution is 5.95. The lowest BCUT2D eigenvalue weighted by Gasteiger charge is -2.32. The van der Waals surface area contributed by atoms with E-state index < -0.39 is 0 Å². The molecule has 6 heteroatoms. The van der Waals surface area contributed by atoms with Crippen LogP contribution in [0.4, 0.5) is 5.69 Å².